The smallest absolute Gasteiger partial charge is 0.234 e. The van der Waals surface area contributed by atoms with Crippen molar-refractivity contribution in [2.45, 2.75) is 38.0 Å². The summed E-state index contributed by atoms with van der Waals surface area (Å²) in [7, 11) is 0. The molecule has 2 atom stereocenters. The van der Waals surface area contributed by atoms with Crippen LogP contribution in [0.1, 0.15) is 24.8 Å². The van der Waals surface area contributed by atoms with Crippen LogP contribution in [0.25, 0.3) is 0 Å². The topological polar surface area (TPSA) is 55.8 Å². The molecule has 0 bridgehead atoms. The number of carbonyl (C=O) groups excluding carboxylic acids is 1. The predicted molar refractivity (Wildman–Crippen MR) is 89.9 cm³/mol. The Kier molecular flexibility index (Phi) is 5.65. The van der Waals surface area contributed by atoms with Gasteiger partial charge < -0.3 is 10.4 Å². The van der Waals surface area contributed by atoms with E-state index < -0.39 is 0 Å². The van der Waals surface area contributed by atoms with Crippen LogP contribution in [0.2, 0.25) is 0 Å². The molecule has 0 aliphatic carbocycles. The molecule has 2 saturated heterocycles. The van der Waals surface area contributed by atoms with Crippen molar-refractivity contribution in [3.8, 4) is 0 Å². The number of likely N-dealkylation sites (tertiary alicyclic amines) is 2. The SMILES string of the molecule is O=C(CN1CCC[C@@H](O)C1)N[C@H]1CCN(Cc2ccccc2)C1. The second-order valence-electron chi connectivity index (χ2n) is 6.80. The van der Waals surface area contributed by atoms with Gasteiger partial charge in [-0.05, 0) is 31.4 Å². The van der Waals surface area contributed by atoms with Crippen molar-refractivity contribution in [1.82, 2.24) is 15.1 Å². The highest BCUT2D eigenvalue weighted by Crippen LogP contribution is 2.14. The van der Waals surface area contributed by atoms with E-state index in [0.29, 0.717) is 13.1 Å². The Morgan fingerprint density at radius 2 is 1.96 bits per heavy atom. The van der Waals surface area contributed by atoms with Crippen molar-refractivity contribution >= 4 is 5.91 Å². The molecule has 1 aromatic carbocycles. The summed E-state index contributed by atoms with van der Waals surface area (Å²) in [4.78, 5) is 16.6. The summed E-state index contributed by atoms with van der Waals surface area (Å²) in [5.41, 5.74) is 1.32. The van der Waals surface area contributed by atoms with Crippen molar-refractivity contribution in [3.63, 3.8) is 0 Å². The van der Waals surface area contributed by atoms with E-state index in [-0.39, 0.29) is 18.1 Å². The van der Waals surface area contributed by atoms with Crippen molar-refractivity contribution in [2.75, 3.05) is 32.7 Å². The van der Waals surface area contributed by atoms with Gasteiger partial charge in [-0.1, -0.05) is 30.3 Å². The van der Waals surface area contributed by atoms with Crippen molar-refractivity contribution in [3.05, 3.63) is 35.9 Å². The molecule has 0 spiro atoms. The first-order valence-corrected chi connectivity index (χ1v) is 8.65. The average molecular weight is 317 g/mol. The van der Waals surface area contributed by atoms with Crippen LogP contribution in [0, 0.1) is 0 Å². The predicted octanol–water partition coefficient (Wildman–Crippen LogP) is 0.834. The maximum atomic E-state index is 12.2. The maximum Gasteiger partial charge on any atom is 0.234 e. The lowest BCUT2D eigenvalue weighted by Gasteiger charge is -2.29. The molecular weight excluding hydrogens is 290 g/mol. The third kappa shape index (κ3) is 5.03. The lowest BCUT2D eigenvalue weighted by Crippen LogP contribution is -2.47. The Balaban J connectivity index is 1.40. The number of nitrogens with zero attached hydrogens (tertiary/aromatic N) is 2. The van der Waals surface area contributed by atoms with Gasteiger partial charge >= 0.3 is 0 Å². The standard InChI is InChI=1S/C18H27N3O2/c22-17-7-4-9-20(13-17)14-18(23)19-16-8-10-21(12-16)11-15-5-2-1-3-6-15/h1-3,5-6,16-17,22H,4,7-14H2,(H,19,23)/t16-,17+/m0/s1. The Morgan fingerprint density at radius 1 is 1.13 bits per heavy atom. The summed E-state index contributed by atoms with van der Waals surface area (Å²) < 4.78 is 0. The average Bonchev–Trinajstić information content (AvgIpc) is 2.95. The fraction of sp³-hybridized carbons (Fsp3) is 0.611. The molecule has 5 heteroatoms. The Labute approximate surface area is 138 Å². The largest absolute Gasteiger partial charge is 0.392 e. The van der Waals surface area contributed by atoms with Crippen LogP contribution in [0.4, 0.5) is 0 Å². The van der Waals surface area contributed by atoms with Crippen molar-refractivity contribution < 1.29 is 9.90 Å². The Hall–Kier alpha value is -1.43. The van der Waals surface area contributed by atoms with Crippen molar-refractivity contribution in [2.24, 2.45) is 0 Å². The first-order chi connectivity index (χ1) is 11.2. The molecule has 0 radical (unpaired) electrons. The first-order valence-electron chi connectivity index (χ1n) is 8.65. The van der Waals surface area contributed by atoms with Gasteiger partial charge in [0.2, 0.25) is 5.91 Å². The monoisotopic (exact) mass is 317 g/mol. The van der Waals surface area contributed by atoms with Crippen LogP contribution >= 0.6 is 0 Å². The van der Waals surface area contributed by atoms with Gasteiger partial charge in [0.25, 0.3) is 0 Å². The first kappa shape index (κ1) is 16.4. The van der Waals surface area contributed by atoms with Gasteiger partial charge in [-0.25, -0.2) is 0 Å². The van der Waals surface area contributed by atoms with Crippen LogP contribution in [0.15, 0.2) is 30.3 Å². The van der Waals surface area contributed by atoms with Crippen LogP contribution in [-0.2, 0) is 11.3 Å². The minimum Gasteiger partial charge on any atom is -0.392 e. The summed E-state index contributed by atoms with van der Waals surface area (Å²) in [6.45, 7) is 4.84. The van der Waals surface area contributed by atoms with Crippen molar-refractivity contribution in [1.29, 1.82) is 0 Å². The Morgan fingerprint density at radius 3 is 2.74 bits per heavy atom. The number of amides is 1. The van der Waals surface area contributed by atoms with E-state index >= 15 is 0 Å². The fourth-order valence-electron chi connectivity index (χ4n) is 3.59. The van der Waals surface area contributed by atoms with Crippen LogP contribution in [0.5, 0.6) is 0 Å². The third-order valence-electron chi connectivity index (χ3n) is 4.73. The van der Waals surface area contributed by atoms with Gasteiger partial charge in [-0.3, -0.25) is 14.6 Å². The number of carbonyl (C=O) groups is 1. The van der Waals surface area contributed by atoms with E-state index in [0.717, 1.165) is 45.4 Å². The summed E-state index contributed by atoms with van der Waals surface area (Å²) in [6.07, 6.45) is 2.57. The molecule has 23 heavy (non-hydrogen) atoms. The lowest BCUT2D eigenvalue weighted by molar-refractivity contribution is -0.123. The molecule has 2 aliphatic heterocycles. The maximum absolute atomic E-state index is 12.2. The van der Waals surface area contributed by atoms with E-state index in [1.807, 2.05) is 6.07 Å². The minimum atomic E-state index is -0.274. The molecule has 0 aromatic heterocycles. The molecule has 0 unspecified atom stereocenters. The zero-order chi connectivity index (χ0) is 16.1. The third-order valence-corrected chi connectivity index (χ3v) is 4.73. The zero-order valence-electron chi connectivity index (χ0n) is 13.7. The number of β-amino-alcohol motifs (C(OH)–C–C–N with tert-alkyl or cyclic N) is 1. The quantitative estimate of drug-likeness (QED) is 0.845. The molecule has 1 amide bonds. The Bertz CT molecular complexity index is 508. The molecule has 3 rings (SSSR count). The van der Waals surface area contributed by atoms with E-state index in [9.17, 15) is 9.90 Å². The number of aliphatic hydroxyl groups excluding tert-OH is 1. The van der Waals surface area contributed by atoms with Gasteiger partial charge in [0.1, 0.15) is 0 Å². The lowest BCUT2D eigenvalue weighted by atomic mass is 10.1. The number of benzene rings is 1. The molecule has 2 aliphatic rings. The van der Waals surface area contributed by atoms with E-state index in [4.69, 9.17) is 0 Å². The van der Waals surface area contributed by atoms with Gasteiger partial charge in [0, 0.05) is 32.2 Å². The highest BCUT2D eigenvalue weighted by atomic mass is 16.3. The van der Waals surface area contributed by atoms with Gasteiger partial charge in [0.15, 0.2) is 0 Å². The number of piperidine rings is 1. The number of rotatable bonds is 5. The minimum absolute atomic E-state index is 0.0886. The van der Waals surface area contributed by atoms with Crippen LogP contribution in [-0.4, -0.2) is 65.7 Å². The second-order valence-corrected chi connectivity index (χ2v) is 6.80. The highest BCUT2D eigenvalue weighted by molar-refractivity contribution is 5.78. The summed E-state index contributed by atoms with van der Waals surface area (Å²) >= 11 is 0. The molecule has 5 nitrogen and oxygen atoms in total. The number of hydrogen-bond donors (Lipinski definition) is 2. The molecule has 2 heterocycles. The molecule has 2 fully saturated rings. The van der Waals surface area contributed by atoms with Gasteiger partial charge in [-0.2, -0.15) is 0 Å². The second kappa shape index (κ2) is 7.90. The van der Waals surface area contributed by atoms with E-state index in [2.05, 4.69) is 39.4 Å². The summed E-state index contributed by atoms with van der Waals surface area (Å²) in [6, 6.07) is 10.7. The van der Waals surface area contributed by atoms with Gasteiger partial charge in [0.05, 0.1) is 12.6 Å². The summed E-state index contributed by atoms with van der Waals surface area (Å²) in [5, 5.41) is 12.8. The highest BCUT2D eigenvalue weighted by Gasteiger charge is 2.25. The number of hydrogen-bond acceptors (Lipinski definition) is 4. The van der Waals surface area contributed by atoms with Crippen LogP contribution in [0.3, 0.4) is 0 Å². The molecule has 2 N–H and O–H groups in total. The van der Waals surface area contributed by atoms with E-state index in [1.54, 1.807) is 0 Å². The zero-order valence-corrected chi connectivity index (χ0v) is 13.7. The van der Waals surface area contributed by atoms with Crippen LogP contribution < -0.4 is 5.32 Å². The molecule has 0 saturated carbocycles. The molecule has 1 aromatic rings. The van der Waals surface area contributed by atoms with E-state index in [1.165, 1.54) is 5.56 Å². The fourth-order valence-corrected chi connectivity index (χ4v) is 3.59. The van der Waals surface area contributed by atoms with Gasteiger partial charge in [-0.15, -0.1) is 0 Å². The molecular formula is C18H27N3O2. The molecule has 126 valence electrons. The number of aliphatic hydroxyl groups is 1. The summed E-state index contributed by atoms with van der Waals surface area (Å²) in [5.74, 6) is 0.0886. The normalized spacial score (nSPS) is 26.3. The number of nitrogens with one attached hydrogen (secondary N) is 1.